The molecule has 4 aromatic rings. The van der Waals surface area contributed by atoms with Gasteiger partial charge in [-0.2, -0.15) is 10.2 Å². The number of aromatic nitrogens is 5. The Bertz CT molecular complexity index is 1180. The molecule has 0 bridgehead atoms. The first-order chi connectivity index (χ1) is 14.6. The number of rotatable bonds is 5. The van der Waals surface area contributed by atoms with Crippen molar-refractivity contribution in [2.24, 2.45) is 0 Å². The minimum atomic E-state index is 0.00735. The number of aromatic amines is 1. The molecule has 4 aromatic heterocycles. The van der Waals surface area contributed by atoms with Crippen LogP contribution in [0.1, 0.15) is 29.9 Å². The molecule has 0 saturated carbocycles. The molecule has 1 fully saturated rings. The van der Waals surface area contributed by atoms with Gasteiger partial charge < -0.3 is 10.2 Å². The molecule has 1 aliphatic rings. The predicted molar refractivity (Wildman–Crippen MR) is 116 cm³/mol. The predicted octanol–water partition coefficient (Wildman–Crippen LogP) is 1.64. The maximum absolute atomic E-state index is 12.7. The minimum absolute atomic E-state index is 0.00735. The number of thiophene rings is 1. The zero-order valence-corrected chi connectivity index (χ0v) is 17.7. The Hall–Kier alpha value is -3.04. The van der Waals surface area contributed by atoms with E-state index in [0.717, 1.165) is 52.3 Å². The highest BCUT2D eigenvalue weighted by Gasteiger charge is 2.29. The SMILES string of the molecule is CC(C)[NH+]1CC[C@@H](NC(=O)c2cc(-c3cnn4cc(-c5cn[nH]c5)cnc34)cs2)C1. The minimum Gasteiger partial charge on any atom is -0.343 e. The van der Waals surface area contributed by atoms with Crippen molar-refractivity contribution >= 4 is 22.9 Å². The number of H-pyrrole nitrogens is 1. The highest BCUT2D eigenvalue weighted by atomic mass is 32.1. The molecule has 5 heterocycles. The van der Waals surface area contributed by atoms with Crippen LogP contribution in [0.2, 0.25) is 0 Å². The Morgan fingerprint density at radius 3 is 2.97 bits per heavy atom. The largest absolute Gasteiger partial charge is 0.343 e. The molecule has 1 unspecified atom stereocenters. The summed E-state index contributed by atoms with van der Waals surface area (Å²) in [4.78, 5) is 19.6. The van der Waals surface area contributed by atoms with E-state index in [0.29, 0.717) is 6.04 Å². The Balaban J connectivity index is 1.34. The summed E-state index contributed by atoms with van der Waals surface area (Å²) in [5, 5.41) is 16.4. The third-order valence-electron chi connectivity index (χ3n) is 5.80. The monoisotopic (exact) mass is 422 g/mol. The van der Waals surface area contributed by atoms with Crippen molar-refractivity contribution in [2.75, 3.05) is 13.1 Å². The first-order valence-electron chi connectivity index (χ1n) is 10.2. The number of carbonyl (C=O) groups excluding carboxylic acids is 1. The number of fused-ring (bicyclic) bond motifs is 1. The van der Waals surface area contributed by atoms with E-state index in [2.05, 4.69) is 39.4 Å². The number of amides is 1. The molecular weight excluding hydrogens is 398 g/mol. The van der Waals surface area contributed by atoms with Gasteiger partial charge in [0.2, 0.25) is 0 Å². The van der Waals surface area contributed by atoms with E-state index < -0.39 is 0 Å². The van der Waals surface area contributed by atoms with Crippen LogP contribution in [-0.4, -0.2) is 55.9 Å². The van der Waals surface area contributed by atoms with E-state index in [1.807, 2.05) is 30.0 Å². The second kappa shape index (κ2) is 7.66. The number of likely N-dealkylation sites (tertiary alicyclic amines) is 1. The summed E-state index contributed by atoms with van der Waals surface area (Å²) >= 11 is 1.46. The quantitative estimate of drug-likeness (QED) is 0.456. The lowest BCUT2D eigenvalue weighted by molar-refractivity contribution is -0.909. The summed E-state index contributed by atoms with van der Waals surface area (Å²) in [5.74, 6) is 0.00735. The van der Waals surface area contributed by atoms with Crippen LogP contribution in [0.5, 0.6) is 0 Å². The van der Waals surface area contributed by atoms with Crippen LogP contribution in [0.3, 0.4) is 0 Å². The summed E-state index contributed by atoms with van der Waals surface area (Å²) < 4.78 is 1.76. The molecule has 1 saturated heterocycles. The highest BCUT2D eigenvalue weighted by molar-refractivity contribution is 7.12. The molecule has 9 heteroatoms. The van der Waals surface area contributed by atoms with Gasteiger partial charge in [-0.1, -0.05) is 0 Å². The molecule has 1 aliphatic heterocycles. The normalized spacial score (nSPS) is 19.0. The van der Waals surface area contributed by atoms with Crippen LogP contribution in [0, 0.1) is 0 Å². The number of hydrogen-bond donors (Lipinski definition) is 3. The average molecular weight is 423 g/mol. The number of nitrogens with one attached hydrogen (secondary N) is 3. The number of carbonyl (C=O) groups is 1. The fourth-order valence-corrected chi connectivity index (χ4v) is 4.83. The Labute approximate surface area is 177 Å². The zero-order chi connectivity index (χ0) is 20.7. The molecule has 1 amide bonds. The average Bonchev–Trinajstić information content (AvgIpc) is 3.53. The second-order valence-electron chi connectivity index (χ2n) is 8.08. The Morgan fingerprint density at radius 2 is 2.20 bits per heavy atom. The molecular formula is C21H24N7OS+. The molecule has 8 nitrogen and oxygen atoms in total. The Morgan fingerprint density at radius 1 is 1.30 bits per heavy atom. The molecule has 0 aliphatic carbocycles. The highest BCUT2D eigenvalue weighted by Crippen LogP contribution is 2.29. The summed E-state index contributed by atoms with van der Waals surface area (Å²) in [6.07, 6.45) is 10.2. The molecule has 0 spiro atoms. The van der Waals surface area contributed by atoms with E-state index in [4.69, 9.17) is 0 Å². The van der Waals surface area contributed by atoms with Crippen molar-refractivity contribution in [1.82, 2.24) is 30.1 Å². The fourth-order valence-electron chi connectivity index (χ4n) is 4.02. The van der Waals surface area contributed by atoms with Crippen LogP contribution in [0.25, 0.3) is 27.9 Å². The topological polar surface area (TPSA) is 92.4 Å². The van der Waals surface area contributed by atoms with Crippen LogP contribution >= 0.6 is 11.3 Å². The van der Waals surface area contributed by atoms with Crippen molar-refractivity contribution in [3.8, 4) is 22.3 Å². The van der Waals surface area contributed by atoms with Gasteiger partial charge in [-0.25, -0.2) is 9.50 Å². The first kappa shape index (κ1) is 19.0. The molecule has 154 valence electrons. The number of nitrogens with zero attached hydrogens (tertiary/aromatic N) is 4. The summed E-state index contributed by atoms with van der Waals surface area (Å²) in [6.45, 7) is 6.58. The molecule has 0 radical (unpaired) electrons. The first-order valence-corrected chi connectivity index (χ1v) is 11.0. The van der Waals surface area contributed by atoms with Crippen LogP contribution in [-0.2, 0) is 0 Å². The van der Waals surface area contributed by atoms with Crippen molar-refractivity contribution in [3.05, 3.63) is 47.3 Å². The van der Waals surface area contributed by atoms with Crippen molar-refractivity contribution in [2.45, 2.75) is 32.4 Å². The van der Waals surface area contributed by atoms with E-state index in [1.54, 1.807) is 21.8 Å². The van der Waals surface area contributed by atoms with Gasteiger partial charge in [-0.3, -0.25) is 9.89 Å². The molecule has 2 atom stereocenters. The van der Waals surface area contributed by atoms with Crippen molar-refractivity contribution in [1.29, 1.82) is 0 Å². The van der Waals surface area contributed by atoms with Crippen molar-refractivity contribution < 1.29 is 9.69 Å². The zero-order valence-electron chi connectivity index (χ0n) is 16.9. The molecule has 3 N–H and O–H groups in total. The Kier molecular flexibility index (Phi) is 4.84. The van der Waals surface area contributed by atoms with E-state index >= 15 is 0 Å². The van der Waals surface area contributed by atoms with E-state index in [-0.39, 0.29) is 11.9 Å². The van der Waals surface area contributed by atoms with E-state index in [9.17, 15) is 4.79 Å². The van der Waals surface area contributed by atoms with Crippen molar-refractivity contribution in [3.63, 3.8) is 0 Å². The van der Waals surface area contributed by atoms with Gasteiger partial charge in [0, 0.05) is 41.7 Å². The van der Waals surface area contributed by atoms with Gasteiger partial charge in [0.1, 0.15) is 0 Å². The van der Waals surface area contributed by atoms with Gasteiger partial charge in [-0.15, -0.1) is 11.3 Å². The lowest BCUT2D eigenvalue weighted by atomic mass is 10.1. The van der Waals surface area contributed by atoms with E-state index in [1.165, 1.54) is 11.3 Å². The molecule has 0 aromatic carbocycles. The lowest BCUT2D eigenvalue weighted by Crippen LogP contribution is -3.13. The smallest absolute Gasteiger partial charge is 0.261 e. The maximum atomic E-state index is 12.7. The molecule has 30 heavy (non-hydrogen) atoms. The lowest BCUT2D eigenvalue weighted by Gasteiger charge is -2.17. The third kappa shape index (κ3) is 3.50. The third-order valence-corrected chi connectivity index (χ3v) is 6.73. The summed E-state index contributed by atoms with van der Waals surface area (Å²) in [7, 11) is 0. The molecule has 5 rings (SSSR count). The summed E-state index contributed by atoms with van der Waals surface area (Å²) in [5.41, 5.74) is 4.54. The standard InChI is InChI=1S/C21H23N7OS/c1-13(2)27-4-3-17(11-27)26-21(29)19-5-14(12-30-19)18-9-25-28-10-16(6-22-20(18)28)15-7-23-24-8-15/h5-10,12-13,17H,3-4,11H2,1-2H3,(H,23,24)(H,26,29)/p+1/t17-/m1/s1. The fraction of sp³-hybridized carbons (Fsp3) is 0.333. The van der Waals surface area contributed by atoms with Gasteiger partial charge >= 0.3 is 0 Å². The van der Waals surface area contributed by atoms with Gasteiger partial charge in [0.15, 0.2) is 5.65 Å². The maximum Gasteiger partial charge on any atom is 0.261 e. The summed E-state index contributed by atoms with van der Waals surface area (Å²) in [6, 6.07) is 2.78. The van der Waals surface area contributed by atoms with Gasteiger partial charge in [-0.05, 0) is 30.9 Å². The van der Waals surface area contributed by atoms with Crippen LogP contribution in [0.15, 0.2) is 42.4 Å². The number of quaternary nitrogens is 1. The van der Waals surface area contributed by atoms with Gasteiger partial charge in [0.05, 0.1) is 42.4 Å². The van der Waals surface area contributed by atoms with Crippen LogP contribution < -0.4 is 10.2 Å². The second-order valence-corrected chi connectivity index (χ2v) is 8.99. The van der Waals surface area contributed by atoms with Gasteiger partial charge in [0.25, 0.3) is 5.91 Å². The number of hydrogen-bond acceptors (Lipinski definition) is 5. The van der Waals surface area contributed by atoms with Crippen LogP contribution in [0.4, 0.5) is 0 Å².